The zero-order valence-electron chi connectivity index (χ0n) is 17.1. The van der Waals surface area contributed by atoms with Gasteiger partial charge in [0.25, 0.3) is 17.7 Å². The van der Waals surface area contributed by atoms with Crippen molar-refractivity contribution in [1.82, 2.24) is 4.90 Å². The van der Waals surface area contributed by atoms with E-state index < -0.39 is 6.04 Å². The third-order valence-corrected chi connectivity index (χ3v) is 5.85. The summed E-state index contributed by atoms with van der Waals surface area (Å²) < 4.78 is 0. The number of amides is 3. The largest absolute Gasteiger partial charge is 0.327 e. The molecule has 0 N–H and O–H groups in total. The van der Waals surface area contributed by atoms with Crippen LogP contribution in [0, 0.1) is 0 Å². The maximum atomic E-state index is 13.4. The first kappa shape index (κ1) is 19.4. The van der Waals surface area contributed by atoms with E-state index in [4.69, 9.17) is 0 Å². The van der Waals surface area contributed by atoms with Crippen molar-refractivity contribution in [3.05, 3.63) is 65.2 Å². The van der Waals surface area contributed by atoms with Gasteiger partial charge >= 0.3 is 0 Å². The summed E-state index contributed by atoms with van der Waals surface area (Å²) in [5, 5.41) is 0. The normalized spacial score (nSPS) is 19.5. The molecule has 1 unspecified atom stereocenters. The maximum absolute atomic E-state index is 13.4. The number of hydrogen-bond acceptors (Lipinski definition) is 3. The minimum Gasteiger partial charge on any atom is -0.327 e. The van der Waals surface area contributed by atoms with Crippen molar-refractivity contribution >= 4 is 23.4 Å². The average molecular weight is 390 g/mol. The predicted molar refractivity (Wildman–Crippen MR) is 112 cm³/mol. The molecule has 2 aliphatic heterocycles. The summed E-state index contributed by atoms with van der Waals surface area (Å²) >= 11 is 0. The van der Waals surface area contributed by atoms with Gasteiger partial charge in [0.05, 0.1) is 11.3 Å². The third kappa shape index (κ3) is 3.35. The lowest BCUT2D eigenvalue weighted by molar-refractivity contribution is -0.123. The topological polar surface area (TPSA) is 57.7 Å². The molecule has 0 spiro atoms. The third-order valence-electron chi connectivity index (χ3n) is 5.85. The zero-order valence-corrected chi connectivity index (χ0v) is 17.1. The SMILES string of the molecule is CC(C)(C)c1ccc(C(=O)N2C(=O)C3CCCCN3C(=O)c3ccccc32)cc1. The van der Waals surface area contributed by atoms with Crippen LogP contribution in [0.1, 0.15) is 66.3 Å². The molecule has 2 heterocycles. The molecule has 4 rings (SSSR count). The predicted octanol–water partition coefficient (Wildman–Crippen LogP) is 4.17. The van der Waals surface area contributed by atoms with Crippen molar-refractivity contribution < 1.29 is 14.4 Å². The number of carbonyl (C=O) groups is 3. The Morgan fingerprint density at radius 1 is 0.966 bits per heavy atom. The molecule has 5 heteroatoms. The van der Waals surface area contributed by atoms with E-state index in [2.05, 4.69) is 20.8 Å². The van der Waals surface area contributed by atoms with Gasteiger partial charge in [-0.1, -0.05) is 45.0 Å². The summed E-state index contributed by atoms with van der Waals surface area (Å²) in [5.74, 6) is -0.868. The molecule has 0 aromatic heterocycles. The average Bonchev–Trinajstić information content (AvgIpc) is 2.81. The first-order chi connectivity index (χ1) is 13.8. The molecule has 0 saturated carbocycles. The Labute approximate surface area is 171 Å². The number of rotatable bonds is 1. The van der Waals surface area contributed by atoms with Crippen molar-refractivity contribution in [2.24, 2.45) is 0 Å². The van der Waals surface area contributed by atoms with Gasteiger partial charge in [-0.25, -0.2) is 4.90 Å². The van der Waals surface area contributed by atoms with E-state index in [-0.39, 0.29) is 23.1 Å². The molecule has 1 fully saturated rings. The first-order valence-electron chi connectivity index (χ1n) is 10.2. The van der Waals surface area contributed by atoms with E-state index in [9.17, 15) is 14.4 Å². The molecule has 0 radical (unpaired) electrons. The smallest absolute Gasteiger partial charge is 0.265 e. The minimum atomic E-state index is -0.582. The number of fused-ring (bicyclic) bond motifs is 2. The maximum Gasteiger partial charge on any atom is 0.265 e. The lowest BCUT2D eigenvalue weighted by Crippen LogP contribution is -2.52. The molecule has 2 aliphatic rings. The van der Waals surface area contributed by atoms with Gasteiger partial charge in [0.15, 0.2) is 0 Å². The van der Waals surface area contributed by atoms with Crippen LogP contribution in [0.3, 0.4) is 0 Å². The molecule has 1 saturated heterocycles. The Kier molecular flexibility index (Phi) is 4.77. The molecule has 2 aromatic rings. The Hall–Kier alpha value is -2.95. The molecule has 0 aliphatic carbocycles. The van der Waals surface area contributed by atoms with Crippen molar-refractivity contribution in [3.63, 3.8) is 0 Å². The van der Waals surface area contributed by atoms with Crippen LogP contribution in [-0.2, 0) is 10.2 Å². The van der Waals surface area contributed by atoms with E-state index in [0.29, 0.717) is 29.8 Å². The van der Waals surface area contributed by atoms with Crippen molar-refractivity contribution in [2.75, 3.05) is 11.4 Å². The lowest BCUT2D eigenvalue weighted by Gasteiger charge is -2.34. The molecule has 1 atom stereocenters. The Morgan fingerprint density at radius 3 is 2.34 bits per heavy atom. The number of carbonyl (C=O) groups excluding carboxylic acids is 3. The fraction of sp³-hybridized carbons (Fsp3) is 0.375. The molecule has 2 aromatic carbocycles. The van der Waals surface area contributed by atoms with Crippen molar-refractivity contribution in [3.8, 4) is 0 Å². The highest BCUT2D eigenvalue weighted by atomic mass is 16.2. The monoisotopic (exact) mass is 390 g/mol. The molecule has 29 heavy (non-hydrogen) atoms. The van der Waals surface area contributed by atoms with Crippen LogP contribution in [0.5, 0.6) is 0 Å². The van der Waals surface area contributed by atoms with E-state index in [1.165, 1.54) is 4.90 Å². The van der Waals surface area contributed by atoms with Gasteiger partial charge in [0.2, 0.25) is 0 Å². The van der Waals surface area contributed by atoms with Crippen LogP contribution in [0.4, 0.5) is 5.69 Å². The van der Waals surface area contributed by atoms with Gasteiger partial charge < -0.3 is 4.90 Å². The Bertz CT molecular complexity index is 972. The number of para-hydroxylation sites is 1. The molecular weight excluding hydrogens is 364 g/mol. The van der Waals surface area contributed by atoms with Crippen LogP contribution < -0.4 is 4.90 Å². The molecule has 150 valence electrons. The number of anilines is 1. The van der Waals surface area contributed by atoms with Gasteiger partial charge in [-0.3, -0.25) is 14.4 Å². The summed E-state index contributed by atoms with van der Waals surface area (Å²) in [6.45, 7) is 6.89. The Balaban J connectivity index is 1.78. The number of imide groups is 1. The number of nitrogens with zero attached hydrogens (tertiary/aromatic N) is 2. The van der Waals surface area contributed by atoms with Crippen LogP contribution in [0.15, 0.2) is 48.5 Å². The summed E-state index contributed by atoms with van der Waals surface area (Å²) in [6.07, 6.45) is 2.34. The molecular formula is C24H26N2O3. The second-order valence-corrected chi connectivity index (χ2v) is 8.83. The second-order valence-electron chi connectivity index (χ2n) is 8.83. The fourth-order valence-corrected chi connectivity index (χ4v) is 4.15. The van der Waals surface area contributed by atoms with E-state index in [1.54, 1.807) is 41.3 Å². The van der Waals surface area contributed by atoms with Crippen molar-refractivity contribution in [1.29, 1.82) is 0 Å². The van der Waals surface area contributed by atoms with E-state index >= 15 is 0 Å². The highest BCUT2D eigenvalue weighted by Crippen LogP contribution is 2.33. The van der Waals surface area contributed by atoms with Crippen molar-refractivity contribution in [2.45, 2.75) is 51.5 Å². The summed E-state index contributed by atoms with van der Waals surface area (Å²) in [7, 11) is 0. The lowest BCUT2D eigenvalue weighted by atomic mass is 9.86. The highest BCUT2D eigenvalue weighted by Gasteiger charge is 2.42. The minimum absolute atomic E-state index is 0.0262. The van der Waals surface area contributed by atoms with Gasteiger partial charge in [-0.2, -0.15) is 0 Å². The first-order valence-corrected chi connectivity index (χ1v) is 10.2. The summed E-state index contributed by atoms with van der Waals surface area (Å²) in [6, 6.07) is 13.7. The number of hydrogen-bond donors (Lipinski definition) is 0. The van der Waals surface area contributed by atoms with Crippen LogP contribution >= 0.6 is 0 Å². The van der Waals surface area contributed by atoms with Gasteiger partial charge in [-0.05, 0) is 54.5 Å². The molecule has 3 amide bonds. The van der Waals surface area contributed by atoms with Crippen LogP contribution in [-0.4, -0.2) is 35.2 Å². The standard InChI is InChI=1S/C24H26N2O3/c1-24(2,3)17-13-11-16(12-14-17)21(27)26-19-9-5-4-8-18(19)22(28)25-15-7-6-10-20(25)23(26)29/h4-5,8-9,11-14,20H,6-7,10,15H2,1-3H3. The van der Waals surface area contributed by atoms with E-state index in [0.717, 1.165) is 18.4 Å². The van der Waals surface area contributed by atoms with Gasteiger partial charge in [0.1, 0.15) is 6.04 Å². The van der Waals surface area contributed by atoms with Crippen LogP contribution in [0.2, 0.25) is 0 Å². The van der Waals surface area contributed by atoms with E-state index in [1.807, 2.05) is 12.1 Å². The Morgan fingerprint density at radius 2 is 1.66 bits per heavy atom. The quantitative estimate of drug-likeness (QED) is 0.687. The van der Waals surface area contributed by atoms with Crippen LogP contribution in [0.25, 0.3) is 0 Å². The summed E-state index contributed by atoms with van der Waals surface area (Å²) in [4.78, 5) is 42.9. The van der Waals surface area contributed by atoms with Gasteiger partial charge in [0, 0.05) is 12.1 Å². The number of benzene rings is 2. The van der Waals surface area contributed by atoms with Gasteiger partial charge in [-0.15, -0.1) is 0 Å². The molecule has 0 bridgehead atoms. The highest BCUT2D eigenvalue weighted by molar-refractivity contribution is 6.26. The molecule has 5 nitrogen and oxygen atoms in total. The fourth-order valence-electron chi connectivity index (χ4n) is 4.15. The second kappa shape index (κ2) is 7.14. The number of piperidine rings is 1. The summed E-state index contributed by atoms with van der Waals surface area (Å²) in [5.41, 5.74) is 2.32. The zero-order chi connectivity index (χ0) is 20.8.